The smallest absolute Gasteiger partial charge is 0.327 e. The Labute approximate surface area is 137 Å². The average molecular weight is 332 g/mol. The number of anilines is 1. The van der Waals surface area contributed by atoms with Crippen LogP contribution in [-0.4, -0.2) is 12.6 Å². The van der Waals surface area contributed by atoms with Gasteiger partial charge in [-0.1, -0.05) is 41.7 Å². The third-order valence-corrected chi connectivity index (χ3v) is 3.10. The van der Waals surface area contributed by atoms with Gasteiger partial charge in [0, 0.05) is 11.3 Å². The van der Waals surface area contributed by atoms with Gasteiger partial charge >= 0.3 is 12.2 Å². The molecule has 0 fully saturated rings. The zero-order valence-electron chi connectivity index (χ0n) is 12.9. The van der Waals surface area contributed by atoms with Crippen molar-refractivity contribution in [3.8, 4) is 11.8 Å². The first-order valence-corrected chi connectivity index (χ1v) is 7.13. The first kappa shape index (κ1) is 17.4. The van der Waals surface area contributed by atoms with Gasteiger partial charge in [-0.3, -0.25) is 0 Å². The fraction of sp³-hybridized carbons (Fsp3) is 0.167. The second kappa shape index (κ2) is 7.55. The van der Waals surface area contributed by atoms with Crippen LogP contribution >= 0.6 is 0 Å². The van der Waals surface area contributed by atoms with Crippen LogP contribution in [0.5, 0.6) is 0 Å². The van der Waals surface area contributed by atoms with E-state index in [9.17, 15) is 18.0 Å². The van der Waals surface area contributed by atoms with Crippen molar-refractivity contribution in [2.75, 3.05) is 11.9 Å². The van der Waals surface area contributed by atoms with Crippen LogP contribution in [0.2, 0.25) is 0 Å². The molecule has 24 heavy (non-hydrogen) atoms. The van der Waals surface area contributed by atoms with E-state index in [0.29, 0.717) is 5.69 Å². The predicted molar refractivity (Wildman–Crippen MR) is 86.5 cm³/mol. The molecule has 0 heterocycles. The fourth-order valence-corrected chi connectivity index (χ4v) is 1.92. The Morgan fingerprint density at radius 1 is 1.08 bits per heavy atom. The van der Waals surface area contributed by atoms with E-state index < -0.39 is 17.8 Å². The molecule has 0 aliphatic rings. The second-order valence-electron chi connectivity index (χ2n) is 5.02. The van der Waals surface area contributed by atoms with E-state index in [1.807, 2.05) is 19.1 Å². The topological polar surface area (TPSA) is 41.1 Å². The first-order valence-electron chi connectivity index (χ1n) is 7.13. The standard InChI is InChI=1S/C18H15F3N2O/c1-13-8-10-15(11-9-13)23-17(24)22-12-4-6-14-5-2-3-7-16(14)18(19,20)21/h2-3,5,7-11H,12H2,1H3,(H2,22,23,24). The molecular weight excluding hydrogens is 317 g/mol. The normalized spacial score (nSPS) is 10.5. The number of rotatable bonds is 2. The zero-order valence-corrected chi connectivity index (χ0v) is 12.9. The maximum Gasteiger partial charge on any atom is 0.417 e. The summed E-state index contributed by atoms with van der Waals surface area (Å²) in [5.41, 5.74) is 0.774. The summed E-state index contributed by atoms with van der Waals surface area (Å²) in [6.45, 7) is 1.86. The molecule has 2 N–H and O–H groups in total. The van der Waals surface area contributed by atoms with E-state index in [1.54, 1.807) is 12.1 Å². The van der Waals surface area contributed by atoms with Gasteiger partial charge in [0.15, 0.2) is 0 Å². The van der Waals surface area contributed by atoms with Gasteiger partial charge in [0.05, 0.1) is 12.1 Å². The Morgan fingerprint density at radius 2 is 1.75 bits per heavy atom. The summed E-state index contributed by atoms with van der Waals surface area (Å²) in [5.74, 6) is 4.95. The Balaban J connectivity index is 1.92. The summed E-state index contributed by atoms with van der Waals surface area (Å²) in [6, 6.07) is 11.8. The van der Waals surface area contributed by atoms with Crippen LogP contribution in [0.15, 0.2) is 48.5 Å². The highest BCUT2D eigenvalue weighted by atomic mass is 19.4. The maximum absolute atomic E-state index is 12.8. The van der Waals surface area contributed by atoms with E-state index >= 15 is 0 Å². The minimum Gasteiger partial charge on any atom is -0.327 e. The van der Waals surface area contributed by atoms with E-state index in [4.69, 9.17) is 0 Å². The second-order valence-corrected chi connectivity index (χ2v) is 5.02. The van der Waals surface area contributed by atoms with Crippen molar-refractivity contribution in [2.45, 2.75) is 13.1 Å². The van der Waals surface area contributed by atoms with Crippen LogP contribution in [0.25, 0.3) is 0 Å². The number of hydrogen-bond acceptors (Lipinski definition) is 1. The molecule has 0 aliphatic carbocycles. The molecule has 0 atom stereocenters. The summed E-state index contributed by atoms with van der Waals surface area (Å²) in [5, 5.41) is 5.07. The van der Waals surface area contributed by atoms with Crippen LogP contribution in [0.1, 0.15) is 16.7 Å². The Bertz CT molecular complexity index is 771. The summed E-state index contributed by atoms with van der Waals surface area (Å²) >= 11 is 0. The zero-order chi connectivity index (χ0) is 17.6. The van der Waals surface area contributed by atoms with Gasteiger partial charge < -0.3 is 10.6 Å². The molecule has 0 aromatic heterocycles. The van der Waals surface area contributed by atoms with Crippen LogP contribution in [0.4, 0.5) is 23.7 Å². The van der Waals surface area contributed by atoms with E-state index in [0.717, 1.165) is 11.6 Å². The number of nitrogens with one attached hydrogen (secondary N) is 2. The molecule has 0 aliphatic heterocycles. The van der Waals surface area contributed by atoms with Crippen molar-refractivity contribution < 1.29 is 18.0 Å². The van der Waals surface area contributed by atoms with Gasteiger partial charge in [-0.25, -0.2) is 4.79 Å². The molecule has 2 aromatic rings. The van der Waals surface area contributed by atoms with Crippen molar-refractivity contribution >= 4 is 11.7 Å². The minimum absolute atomic E-state index is 0.0656. The lowest BCUT2D eigenvalue weighted by Gasteiger charge is -2.08. The number of carbonyl (C=O) groups is 1. The highest BCUT2D eigenvalue weighted by molar-refractivity contribution is 5.89. The van der Waals surface area contributed by atoms with Gasteiger partial charge in [0.25, 0.3) is 0 Å². The number of aryl methyl sites for hydroxylation is 1. The maximum atomic E-state index is 12.8. The predicted octanol–water partition coefficient (Wildman–Crippen LogP) is 4.19. The van der Waals surface area contributed by atoms with Crippen LogP contribution in [0, 0.1) is 18.8 Å². The Kier molecular flexibility index (Phi) is 5.48. The first-order chi connectivity index (χ1) is 11.4. The van der Waals surface area contributed by atoms with Crippen molar-refractivity contribution in [1.29, 1.82) is 0 Å². The molecule has 0 bridgehead atoms. The summed E-state index contributed by atoms with van der Waals surface area (Å²) in [6.07, 6.45) is -4.46. The van der Waals surface area contributed by atoms with E-state index in [1.165, 1.54) is 18.2 Å². The van der Waals surface area contributed by atoms with Crippen LogP contribution in [-0.2, 0) is 6.18 Å². The van der Waals surface area contributed by atoms with Crippen molar-refractivity contribution in [1.82, 2.24) is 5.32 Å². The lowest BCUT2D eigenvalue weighted by molar-refractivity contribution is -0.137. The van der Waals surface area contributed by atoms with E-state index in [-0.39, 0.29) is 12.1 Å². The van der Waals surface area contributed by atoms with Gasteiger partial charge in [-0.05, 0) is 31.2 Å². The fourth-order valence-electron chi connectivity index (χ4n) is 1.92. The van der Waals surface area contributed by atoms with Crippen molar-refractivity contribution in [2.24, 2.45) is 0 Å². The highest BCUT2D eigenvalue weighted by Crippen LogP contribution is 2.31. The van der Waals surface area contributed by atoms with Crippen LogP contribution in [0.3, 0.4) is 0 Å². The van der Waals surface area contributed by atoms with Crippen molar-refractivity contribution in [3.05, 3.63) is 65.2 Å². The number of alkyl halides is 3. The third-order valence-electron chi connectivity index (χ3n) is 3.10. The molecule has 2 aromatic carbocycles. The molecule has 0 radical (unpaired) electrons. The monoisotopic (exact) mass is 332 g/mol. The number of carbonyl (C=O) groups excluding carboxylic acids is 1. The largest absolute Gasteiger partial charge is 0.417 e. The van der Waals surface area contributed by atoms with Gasteiger partial charge in [-0.2, -0.15) is 13.2 Å². The van der Waals surface area contributed by atoms with Gasteiger partial charge in [0.2, 0.25) is 0 Å². The molecule has 2 rings (SSSR count). The molecular formula is C18H15F3N2O. The number of halogens is 3. The van der Waals surface area contributed by atoms with Gasteiger partial charge in [0.1, 0.15) is 0 Å². The number of urea groups is 1. The lowest BCUT2D eigenvalue weighted by atomic mass is 10.1. The average Bonchev–Trinajstić information content (AvgIpc) is 2.53. The number of benzene rings is 2. The Hall–Kier alpha value is -2.94. The lowest BCUT2D eigenvalue weighted by Crippen LogP contribution is -2.28. The molecule has 0 spiro atoms. The number of hydrogen-bond donors (Lipinski definition) is 2. The van der Waals surface area contributed by atoms with Gasteiger partial charge in [-0.15, -0.1) is 0 Å². The Morgan fingerprint density at radius 3 is 2.42 bits per heavy atom. The van der Waals surface area contributed by atoms with E-state index in [2.05, 4.69) is 22.5 Å². The summed E-state index contributed by atoms with van der Waals surface area (Å²) < 4.78 is 38.4. The SMILES string of the molecule is Cc1ccc(NC(=O)NCC#Cc2ccccc2C(F)(F)F)cc1. The number of amides is 2. The molecule has 0 unspecified atom stereocenters. The van der Waals surface area contributed by atoms with Crippen molar-refractivity contribution in [3.63, 3.8) is 0 Å². The molecule has 6 heteroatoms. The van der Waals surface area contributed by atoms with Crippen LogP contribution < -0.4 is 10.6 Å². The summed E-state index contributed by atoms with van der Waals surface area (Å²) in [7, 11) is 0. The quantitative estimate of drug-likeness (QED) is 0.796. The summed E-state index contributed by atoms with van der Waals surface area (Å²) in [4.78, 5) is 11.7. The third kappa shape index (κ3) is 5.06. The molecule has 124 valence electrons. The molecule has 2 amide bonds. The molecule has 3 nitrogen and oxygen atoms in total. The minimum atomic E-state index is -4.46. The highest BCUT2D eigenvalue weighted by Gasteiger charge is 2.32. The molecule has 0 saturated heterocycles. The molecule has 0 saturated carbocycles.